The number of carbonyl (C=O) groups excluding carboxylic acids is 1. The number of halogens is 1. The lowest BCUT2D eigenvalue weighted by molar-refractivity contribution is -0.117. The third-order valence-electron chi connectivity index (χ3n) is 2.44. The standard InChI is InChI=1S/C12H17BrN2O2/c1-3-10(14)12(16)15-11-6-4-5-9(13)8(11)7-17-2/h4-6,10H,3,7,14H2,1-2H3,(H,15,16)/t10-/m0/s1. The molecule has 0 fully saturated rings. The maximum atomic E-state index is 11.7. The summed E-state index contributed by atoms with van der Waals surface area (Å²) in [5.74, 6) is -0.178. The first-order valence-corrected chi connectivity index (χ1v) is 6.22. The smallest absolute Gasteiger partial charge is 0.241 e. The lowest BCUT2D eigenvalue weighted by Gasteiger charge is -2.14. The second kappa shape index (κ2) is 6.74. The van der Waals surface area contributed by atoms with E-state index in [-0.39, 0.29) is 5.91 Å². The van der Waals surface area contributed by atoms with Crippen LogP contribution in [0.3, 0.4) is 0 Å². The lowest BCUT2D eigenvalue weighted by atomic mass is 10.1. The van der Waals surface area contributed by atoms with Crippen LogP contribution in [0, 0.1) is 0 Å². The maximum Gasteiger partial charge on any atom is 0.241 e. The largest absolute Gasteiger partial charge is 0.380 e. The molecule has 0 spiro atoms. The van der Waals surface area contributed by atoms with Gasteiger partial charge in [-0.25, -0.2) is 0 Å². The van der Waals surface area contributed by atoms with Crippen molar-refractivity contribution in [2.45, 2.75) is 26.0 Å². The van der Waals surface area contributed by atoms with Gasteiger partial charge in [0.15, 0.2) is 0 Å². The number of rotatable bonds is 5. The molecule has 0 aliphatic rings. The zero-order valence-electron chi connectivity index (χ0n) is 10.00. The summed E-state index contributed by atoms with van der Waals surface area (Å²) in [6, 6.07) is 5.11. The minimum atomic E-state index is -0.482. The first-order valence-electron chi connectivity index (χ1n) is 5.42. The highest BCUT2D eigenvalue weighted by atomic mass is 79.9. The van der Waals surface area contributed by atoms with Gasteiger partial charge in [0.25, 0.3) is 0 Å². The third kappa shape index (κ3) is 3.80. The van der Waals surface area contributed by atoms with Crippen molar-refractivity contribution in [1.82, 2.24) is 0 Å². The fourth-order valence-electron chi connectivity index (χ4n) is 1.38. The van der Waals surface area contributed by atoms with Crippen molar-refractivity contribution >= 4 is 27.5 Å². The van der Waals surface area contributed by atoms with Crippen LogP contribution in [0.1, 0.15) is 18.9 Å². The van der Waals surface area contributed by atoms with Gasteiger partial charge in [-0.2, -0.15) is 0 Å². The number of methoxy groups -OCH3 is 1. The molecule has 0 saturated heterocycles. The molecule has 0 aromatic heterocycles. The predicted octanol–water partition coefficient (Wildman–Crippen LogP) is 2.27. The number of anilines is 1. The van der Waals surface area contributed by atoms with Gasteiger partial charge in [0, 0.05) is 22.8 Å². The molecule has 1 rings (SSSR count). The topological polar surface area (TPSA) is 64.4 Å². The molecule has 4 nitrogen and oxygen atoms in total. The van der Waals surface area contributed by atoms with Crippen LogP contribution in [0.5, 0.6) is 0 Å². The molecule has 1 aromatic carbocycles. The normalized spacial score (nSPS) is 12.2. The minimum Gasteiger partial charge on any atom is -0.380 e. The van der Waals surface area contributed by atoms with Gasteiger partial charge in [-0.15, -0.1) is 0 Å². The van der Waals surface area contributed by atoms with Gasteiger partial charge >= 0.3 is 0 Å². The van der Waals surface area contributed by atoms with E-state index in [9.17, 15) is 4.79 Å². The zero-order valence-corrected chi connectivity index (χ0v) is 11.6. The summed E-state index contributed by atoms with van der Waals surface area (Å²) in [6.45, 7) is 2.31. The SMILES string of the molecule is CC[C@H](N)C(=O)Nc1cccc(Br)c1COC. The molecule has 17 heavy (non-hydrogen) atoms. The first-order chi connectivity index (χ1) is 8.10. The molecule has 0 aliphatic carbocycles. The monoisotopic (exact) mass is 300 g/mol. The Balaban J connectivity index is 2.90. The summed E-state index contributed by atoms with van der Waals surface area (Å²) < 4.78 is 6.01. The highest BCUT2D eigenvalue weighted by Gasteiger charge is 2.14. The number of benzene rings is 1. The molecule has 1 amide bonds. The summed E-state index contributed by atoms with van der Waals surface area (Å²) in [7, 11) is 1.61. The highest BCUT2D eigenvalue weighted by Crippen LogP contribution is 2.25. The first kappa shape index (κ1) is 14.2. The number of amides is 1. The molecule has 0 unspecified atom stereocenters. The summed E-state index contributed by atoms with van der Waals surface area (Å²) in [5.41, 5.74) is 7.31. The van der Waals surface area contributed by atoms with Crippen molar-refractivity contribution in [3.05, 3.63) is 28.2 Å². The van der Waals surface area contributed by atoms with Crippen LogP contribution in [-0.2, 0) is 16.1 Å². The number of ether oxygens (including phenoxy) is 1. The number of hydrogen-bond donors (Lipinski definition) is 2. The Kier molecular flexibility index (Phi) is 5.61. The van der Waals surface area contributed by atoms with Crippen LogP contribution in [-0.4, -0.2) is 19.1 Å². The Morgan fingerprint density at radius 2 is 2.29 bits per heavy atom. The summed E-state index contributed by atoms with van der Waals surface area (Å²) in [5, 5.41) is 2.81. The van der Waals surface area contributed by atoms with Gasteiger partial charge in [0.05, 0.1) is 12.6 Å². The molecule has 0 aliphatic heterocycles. The van der Waals surface area contributed by atoms with E-state index in [0.717, 1.165) is 15.7 Å². The van der Waals surface area contributed by atoms with Crippen molar-refractivity contribution in [3.8, 4) is 0 Å². The van der Waals surface area contributed by atoms with Gasteiger partial charge in [0.1, 0.15) is 0 Å². The average Bonchev–Trinajstić information content (AvgIpc) is 2.32. The second-order valence-electron chi connectivity index (χ2n) is 3.70. The zero-order chi connectivity index (χ0) is 12.8. The molecule has 1 aromatic rings. The quantitative estimate of drug-likeness (QED) is 0.877. The van der Waals surface area contributed by atoms with Gasteiger partial charge < -0.3 is 15.8 Å². The third-order valence-corrected chi connectivity index (χ3v) is 3.18. The molecule has 0 bridgehead atoms. The van der Waals surface area contributed by atoms with E-state index in [0.29, 0.717) is 13.0 Å². The van der Waals surface area contributed by atoms with E-state index in [1.807, 2.05) is 25.1 Å². The van der Waals surface area contributed by atoms with Gasteiger partial charge in [0.2, 0.25) is 5.91 Å². The molecule has 94 valence electrons. The Hall–Kier alpha value is -0.910. The van der Waals surface area contributed by atoms with E-state index >= 15 is 0 Å². The highest BCUT2D eigenvalue weighted by molar-refractivity contribution is 9.10. The molecule has 5 heteroatoms. The molecular formula is C12H17BrN2O2. The van der Waals surface area contributed by atoms with Gasteiger partial charge in [-0.3, -0.25) is 4.79 Å². The van der Waals surface area contributed by atoms with Crippen LogP contribution < -0.4 is 11.1 Å². The Morgan fingerprint density at radius 1 is 1.59 bits per heavy atom. The van der Waals surface area contributed by atoms with Gasteiger partial charge in [-0.1, -0.05) is 28.9 Å². The Morgan fingerprint density at radius 3 is 2.88 bits per heavy atom. The van der Waals surface area contributed by atoms with Crippen molar-refractivity contribution in [2.24, 2.45) is 5.73 Å². The summed E-state index contributed by atoms with van der Waals surface area (Å²) >= 11 is 3.43. The van der Waals surface area contributed by atoms with E-state index < -0.39 is 6.04 Å². The van der Waals surface area contributed by atoms with Crippen LogP contribution >= 0.6 is 15.9 Å². The number of nitrogens with one attached hydrogen (secondary N) is 1. The summed E-state index contributed by atoms with van der Waals surface area (Å²) in [4.78, 5) is 11.7. The molecule has 0 saturated carbocycles. The Labute approximate surface area is 110 Å². The number of carbonyl (C=O) groups is 1. The number of nitrogens with two attached hydrogens (primary N) is 1. The van der Waals surface area contributed by atoms with Crippen molar-refractivity contribution in [2.75, 3.05) is 12.4 Å². The fraction of sp³-hybridized carbons (Fsp3) is 0.417. The van der Waals surface area contributed by atoms with E-state index in [4.69, 9.17) is 10.5 Å². The van der Waals surface area contributed by atoms with Crippen molar-refractivity contribution in [3.63, 3.8) is 0 Å². The Bertz CT molecular complexity index is 396. The van der Waals surface area contributed by atoms with Crippen molar-refractivity contribution < 1.29 is 9.53 Å². The lowest BCUT2D eigenvalue weighted by Crippen LogP contribution is -2.35. The van der Waals surface area contributed by atoms with Crippen LogP contribution in [0.15, 0.2) is 22.7 Å². The van der Waals surface area contributed by atoms with E-state index in [1.54, 1.807) is 7.11 Å². The number of hydrogen-bond acceptors (Lipinski definition) is 3. The molecular weight excluding hydrogens is 284 g/mol. The summed E-state index contributed by atoms with van der Waals surface area (Å²) in [6.07, 6.45) is 0.611. The van der Waals surface area contributed by atoms with Crippen LogP contribution in [0.4, 0.5) is 5.69 Å². The predicted molar refractivity (Wildman–Crippen MR) is 71.8 cm³/mol. The molecule has 0 radical (unpaired) electrons. The molecule has 3 N–H and O–H groups in total. The van der Waals surface area contributed by atoms with Gasteiger partial charge in [-0.05, 0) is 18.6 Å². The van der Waals surface area contributed by atoms with E-state index in [1.165, 1.54) is 0 Å². The second-order valence-corrected chi connectivity index (χ2v) is 4.56. The van der Waals surface area contributed by atoms with E-state index in [2.05, 4.69) is 21.2 Å². The molecule has 0 heterocycles. The average molecular weight is 301 g/mol. The maximum absolute atomic E-state index is 11.7. The molecule has 1 atom stereocenters. The van der Waals surface area contributed by atoms with Crippen molar-refractivity contribution in [1.29, 1.82) is 0 Å². The van der Waals surface area contributed by atoms with Crippen LogP contribution in [0.25, 0.3) is 0 Å². The van der Waals surface area contributed by atoms with Crippen LogP contribution in [0.2, 0.25) is 0 Å². The minimum absolute atomic E-state index is 0.178. The fourth-order valence-corrected chi connectivity index (χ4v) is 1.86.